The molecule has 0 unspecified atom stereocenters. The zero-order valence-corrected chi connectivity index (χ0v) is 18.4. The molecular formula is C26H29N3O3. The van der Waals surface area contributed by atoms with Crippen LogP contribution in [-0.4, -0.2) is 40.6 Å². The Kier molecular flexibility index (Phi) is 7.33. The van der Waals surface area contributed by atoms with Gasteiger partial charge in [-0.15, -0.1) is 0 Å². The van der Waals surface area contributed by atoms with Crippen molar-refractivity contribution in [2.45, 2.75) is 44.6 Å². The quantitative estimate of drug-likeness (QED) is 0.461. The molecule has 0 saturated heterocycles. The molecule has 4 rings (SSSR count). The maximum Gasteiger partial charge on any atom is 0.246 e. The number of carbonyl (C=O) groups is 1. The molecule has 2 aromatic carbocycles. The van der Waals surface area contributed by atoms with Gasteiger partial charge in [0.2, 0.25) is 17.6 Å². The Morgan fingerprint density at radius 3 is 2.72 bits per heavy atom. The van der Waals surface area contributed by atoms with E-state index < -0.39 is 0 Å². The summed E-state index contributed by atoms with van der Waals surface area (Å²) >= 11 is 0. The monoisotopic (exact) mass is 431 g/mol. The average Bonchev–Trinajstić information content (AvgIpc) is 3.33. The zero-order valence-electron chi connectivity index (χ0n) is 18.4. The maximum atomic E-state index is 13.1. The number of rotatable bonds is 8. The van der Waals surface area contributed by atoms with Crippen LogP contribution in [0.4, 0.5) is 0 Å². The molecule has 1 fully saturated rings. The molecule has 6 nitrogen and oxygen atoms in total. The number of benzene rings is 2. The van der Waals surface area contributed by atoms with Crippen LogP contribution in [-0.2, 0) is 11.2 Å². The molecule has 1 heterocycles. The molecule has 0 N–H and O–H groups in total. The summed E-state index contributed by atoms with van der Waals surface area (Å²) in [4.78, 5) is 19.6. The SMILES string of the molecule is COc1cccc(-c2noc(CCN(C(=O)/C=C/c3ccccc3)C3CCCCC3)n2)c1. The van der Waals surface area contributed by atoms with Gasteiger partial charge in [0, 0.05) is 30.6 Å². The lowest BCUT2D eigenvalue weighted by Crippen LogP contribution is -2.41. The molecule has 6 heteroatoms. The number of ether oxygens (including phenoxy) is 1. The van der Waals surface area contributed by atoms with Crippen molar-refractivity contribution in [3.63, 3.8) is 0 Å². The second-order valence-electron chi connectivity index (χ2n) is 8.06. The first-order valence-electron chi connectivity index (χ1n) is 11.2. The van der Waals surface area contributed by atoms with Crippen LogP contribution in [0.25, 0.3) is 17.5 Å². The molecule has 0 bridgehead atoms. The molecule has 0 atom stereocenters. The lowest BCUT2D eigenvalue weighted by Gasteiger charge is -2.33. The van der Waals surface area contributed by atoms with Gasteiger partial charge in [0.1, 0.15) is 5.75 Å². The fourth-order valence-electron chi connectivity index (χ4n) is 4.14. The van der Waals surface area contributed by atoms with E-state index in [1.807, 2.05) is 65.6 Å². The number of methoxy groups -OCH3 is 1. The van der Waals surface area contributed by atoms with Gasteiger partial charge >= 0.3 is 0 Å². The third-order valence-corrected chi connectivity index (χ3v) is 5.88. The van der Waals surface area contributed by atoms with Gasteiger partial charge < -0.3 is 14.2 Å². The van der Waals surface area contributed by atoms with E-state index in [1.54, 1.807) is 13.2 Å². The number of carbonyl (C=O) groups excluding carboxylic acids is 1. The van der Waals surface area contributed by atoms with Gasteiger partial charge in [-0.1, -0.05) is 66.9 Å². The Morgan fingerprint density at radius 2 is 1.94 bits per heavy atom. The molecule has 0 aliphatic heterocycles. The number of aromatic nitrogens is 2. The van der Waals surface area contributed by atoms with Crippen LogP contribution in [0.15, 0.2) is 65.2 Å². The Bertz CT molecular complexity index is 1040. The van der Waals surface area contributed by atoms with Crippen molar-refractivity contribution >= 4 is 12.0 Å². The van der Waals surface area contributed by atoms with Gasteiger partial charge in [0.05, 0.1) is 7.11 Å². The molecule has 1 amide bonds. The number of hydrogen-bond donors (Lipinski definition) is 0. The van der Waals surface area contributed by atoms with Gasteiger partial charge in [-0.2, -0.15) is 4.98 Å². The second kappa shape index (κ2) is 10.8. The van der Waals surface area contributed by atoms with Crippen LogP contribution >= 0.6 is 0 Å². The van der Waals surface area contributed by atoms with Crippen molar-refractivity contribution in [1.82, 2.24) is 15.0 Å². The first-order chi connectivity index (χ1) is 15.7. The Balaban J connectivity index is 1.45. The molecular weight excluding hydrogens is 402 g/mol. The van der Waals surface area contributed by atoms with E-state index in [1.165, 1.54) is 6.42 Å². The molecule has 1 aliphatic rings. The van der Waals surface area contributed by atoms with E-state index in [9.17, 15) is 4.79 Å². The Labute approximate surface area is 188 Å². The minimum atomic E-state index is 0.0355. The van der Waals surface area contributed by atoms with Crippen molar-refractivity contribution in [3.05, 3.63) is 72.1 Å². The van der Waals surface area contributed by atoms with E-state index in [-0.39, 0.29) is 11.9 Å². The predicted octanol–water partition coefficient (Wildman–Crippen LogP) is 5.16. The zero-order chi connectivity index (χ0) is 22.2. The first kappa shape index (κ1) is 21.8. The topological polar surface area (TPSA) is 68.5 Å². The van der Waals surface area contributed by atoms with Crippen molar-refractivity contribution in [3.8, 4) is 17.1 Å². The highest BCUT2D eigenvalue weighted by Gasteiger charge is 2.24. The highest BCUT2D eigenvalue weighted by Crippen LogP contribution is 2.24. The summed E-state index contributed by atoms with van der Waals surface area (Å²) in [5, 5.41) is 4.11. The van der Waals surface area contributed by atoms with Crippen molar-refractivity contribution in [2.24, 2.45) is 0 Å². The van der Waals surface area contributed by atoms with Crippen LogP contribution < -0.4 is 4.74 Å². The summed E-state index contributed by atoms with van der Waals surface area (Å²) in [6.07, 6.45) is 9.75. The number of nitrogens with zero attached hydrogens (tertiary/aromatic N) is 3. The summed E-state index contributed by atoms with van der Waals surface area (Å²) in [5.74, 6) is 1.84. The van der Waals surface area contributed by atoms with E-state index in [4.69, 9.17) is 9.26 Å². The van der Waals surface area contributed by atoms with Crippen LogP contribution in [0.1, 0.15) is 43.6 Å². The third kappa shape index (κ3) is 5.63. The minimum Gasteiger partial charge on any atom is -0.497 e. The number of hydrogen-bond acceptors (Lipinski definition) is 5. The lowest BCUT2D eigenvalue weighted by molar-refractivity contribution is -0.128. The summed E-state index contributed by atoms with van der Waals surface area (Å²) in [7, 11) is 1.63. The normalized spacial score (nSPS) is 14.5. The Hall–Kier alpha value is -3.41. The predicted molar refractivity (Wildman–Crippen MR) is 124 cm³/mol. The fraction of sp³-hybridized carbons (Fsp3) is 0.346. The van der Waals surface area contributed by atoms with Gasteiger partial charge in [-0.05, 0) is 36.6 Å². The van der Waals surface area contributed by atoms with Crippen LogP contribution in [0.2, 0.25) is 0 Å². The van der Waals surface area contributed by atoms with Crippen LogP contribution in [0.3, 0.4) is 0 Å². The highest BCUT2D eigenvalue weighted by molar-refractivity contribution is 5.92. The summed E-state index contributed by atoms with van der Waals surface area (Å²) in [6.45, 7) is 0.558. The van der Waals surface area contributed by atoms with Crippen LogP contribution in [0.5, 0.6) is 5.75 Å². The molecule has 32 heavy (non-hydrogen) atoms. The summed E-state index contributed by atoms with van der Waals surface area (Å²) in [5.41, 5.74) is 1.86. The summed E-state index contributed by atoms with van der Waals surface area (Å²) < 4.78 is 10.8. The maximum absolute atomic E-state index is 13.1. The summed E-state index contributed by atoms with van der Waals surface area (Å²) in [6, 6.07) is 17.7. The molecule has 3 aromatic rings. The first-order valence-corrected chi connectivity index (χ1v) is 11.2. The standard InChI is InChI=1S/C26H29N3O3/c1-31-23-14-8-11-21(19-23)26-27-24(32-28-26)17-18-29(22-12-6-3-7-13-22)25(30)16-15-20-9-4-2-5-10-20/h2,4-5,8-11,14-16,19,22H,3,6-7,12-13,17-18H2,1H3/b16-15+. The number of amides is 1. The molecule has 1 aromatic heterocycles. The van der Waals surface area contributed by atoms with E-state index >= 15 is 0 Å². The minimum absolute atomic E-state index is 0.0355. The molecule has 1 aliphatic carbocycles. The van der Waals surface area contributed by atoms with Gasteiger partial charge in [-0.25, -0.2) is 0 Å². The van der Waals surface area contributed by atoms with Gasteiger partial charge in [0.25, 0.3) is 0 Å². The average molecular weight is 432 g/mol. The smallest absolute Gasteiger partial charge is 0.246 e. The van der Waals surface area contributed by atoms with E-state index in [0.29, 0.717) is 24.7 Å². The van der Waals surface area contributed by atoms with Crippen molar-refractivity contribution in [2.75, 3.05) is 13.7 Å². The largest absolute Gasteiger partial charge is 0.497 e. The van der Waals surface area contributed by atoms with E-state index in [2.05, 4.69) is 10.1 Å². The van der Waals surface area contributed by atoms with E-state index in [0.717, 1.165) is 42.6 Å². The fourth-order valence-corrected chi connectivity index (χ4v) is 4.14. The molecule has 1 saturated carbocycles. The highest BCUT2D eigenvalue weighted by atomic mass is 16.5. The van der Waals surface area contributed by atoms with Crippen LogP contribution in [0, 0.1) is 0 Å². The van der Waals surface area contributed by atoms with Crippen molar-refractivity contribution < 1.29 is 14.1 Å². The molecule has 0 radical (unpaired) electrons. The Morgan fingerprint density at radius 1 is 1.12 bits per heavy atom. The molecule has 166 valence electrons. The van der Waals surface area contributed by atoms with Gasteiger partial charge in [-0.3, -0.25) is 4.79 Å². The van der Waals surface area contributed by atoms with Gasteiger partial charge in [0.15, 0.2) is 0 Å². The second-order valence-corrected chi connectivity index (χ2v) is 8.06. The van der Waals surface area contributed by atoms with Crippen molar-refractivity contribution in [1.29, 1.82) is 0 Å². The third-order valence-electron chi connectivity index (χ3n) is 5.88. The molecule has 0 spiro atoms. The lowest BCUT2D eigenvalue weighted by atomic mass is 9.94.